The summed E-state index contributed by atoms with van der Waals surface area (Å²) in [5.74, 6) is -2.05. The minimum absolute atomic E-state index is 0.553. The van der Waals surface area contributed by atoms with Crippen molar-refractivity contribution in [1.82, 2.24) is 0 Å². The Labute approximate surface area is 95.1 Å². The van der Waals surface area contributed by atoms with E-state index in [-0.39, 0.29) is 0 Å². The summed E-state index contributed by atoms with van der Waals surface area (Å²) in [6.07, 6.45) is -0.619. The lowest BCUT2D eigenvalue weighted by molar-refractivity contribution is -0.178. The second-order valence-electron chi connectivity index (χ2n) is 4.56. The molecule has 5 heteroatoms. The number of rotatable bonds is 4. The van der Waals surface area contributed by atoms with E-state index in [0.29, 0.717) is 6.29 Å². The van der Waals surface area contributed by atoms with Crippen molar-refractivity contribution in [2.24, 2.45) is 5.92 Å². The Hall–Kier alpha value is -1.39. The van der Waals surface area contributed by atoms with Gasteiger partial charge in [-0.25, -0.2) is 4.79 Å². The van der Waals surface area contributed by atoms with E-state index in [9.17, 15) is 14.4 Å². The van der Waals surface area contributed by atoms with Crippen molar-refractivity contribution < 1.29 is 23.9 Å². The number of ether oxygens (including phenoxy) is 2. The lowest BCUT2D eigenvalue weighted by Crippen LogP contribution is -2.39. The molecule has 5 nitrogen and oxygen atoms in total. The number of esters is 2. The van der Waals surface area contributed by atoms with Crippen molar-refractivity contribution in [2.45, 2.75) is 46.3 Å². The van der Waals surface area contributed by atoms with Crippen LogP contribution < -0.4 is 0 Å². The predicted octanol–water partition coefficient (Wildman–Crippen LogP) is 1.09. The second kappa shape index (κ2) is 5.63. The van der Waals surface area contributed by atoms with Crippen molar-refractivity contribution >= 4 is 18.2 Å². The number of carbonyl (C=O) groups is 3. The summed E-state index contributed by atoms with van der Waals surface area (Å²) in [7, 11) is 0. The van der Waals surface area contributed by atoms with Crippen molar-refractivity contribution in [3.63, 3.8) is 0 Å². The zero-order valence-electron chi connectivity index (χ0n) is 10.3. The second-order valence-corrected chi connectivity index (χ2v) is 4.56. The fraction of sp³-hybridized carbons (Fsp3) is 0.727. The Kier molecular flexibility index (Phi) is 5.14. The van der Waals surface area contributed by atoms with Crippen molar-refractivity contribution in [2.75, 3.05) is 0 Å². The van der Waals surface area contributed by atoms with E-state index in [1.165, 1.54) is 13.8 Å². The highest BCUT2D eigenvalue weighted by atomic mass is 16.6. The molecule has 0 heterocycles. The van der Waals surface area contributed by atoms with Crippen molar-refractivity contribution in [3.05, 3.63) is 0 Å². The van der Waals surface area contributed by atoms with Gasteiger partial charge in [0.1, 0.15) is 11.9 Å². The quantitative estimate of drug-likeness (QED) is 0.534. The lowest BCUT2D eigenvalue weighted by Gasteiger charge is -2.24. The Bertz CT molecular complexity index is 277. The molecule has 0 bridgehead atoms. The summed E-state index contributed by atoms with van der Waals surface area (Å²) >= 11 is 0. The highest BCUT2D eigenvalue weighted by Gasteiger charge is 2.32. The topological polar surface area (TPSA) is 69.7 Å². The summed E-state index contributed by atoms with van der Waals surface area (Å²) in [5.41, 5.74) is -0.682. The minimum Gasteiger partial charge on any atom is -0.457 e. The van der Waals surface area contributed by atoms with E-state index in [0.717, 1.165) is 0 Å². The molecule has 0 aliphatic carbocycles. The maximum absolute atomic E-state index is 11.6. The fourth-order valence-corrected chi connectivity index (χ4v) is 0.980. The third kappa shape index (κ3) is 5.48. The Morgan fingerprint density at radius 3 is 2.06 bits per heavy atom. The first-order valence-corrected chi connectivity index (χ1v) is 5.02. The molecule has 0 aromatic heterocycles. The zero-order valence-corrected chi connectivity index (χ0v) is 10.3. The predicted molar refractivity (Wildman–Crippen MR) is 56.6 cm³/mol. The van der Waals surface area contributed by atoms with Crippen molar-refractivity contribution in [3.8, 4) is 0 Å². The molecular formula is C11H18O5. The van der Waals surface area contributed by atoms with Gasteiger partial charge in [0.15, 0.2) is 0 Å². The van der Waals surface area contributed by atoms with E-state index >= 15 is 0 Å². The van der Waals surface area contributed by atoms with Crippen LogP contribution in [0.25, 0.3) is 0 Å². The number of aldehydes is 1. The summed E-state index contributed by atoms with van der Waals surface area (Å²) in [4.78, 5) is 33.0. The fourth-order valence-electron chi connectivity index (χ4n) is 0.980. The van der Waals surface area contributed by atoms with Crippen LogP contribution in [0.5, 0.6) is 0 Å². The summed E-state index contributed by atoms with van der Waals surface area (Å²) in [6, 6.07) is 0. The van der Waals surface area contributed by atoms with E-state index in [1.54, 1.807) is 20.8 Å². The Morgan fingerprint density at radius 2 is 1.75 bits per heavy atom. The van der Waals surface area contributed by atoms with E-state index < -0.39 is 29.6 Å². The molecule has 0 aliphatic rings. The molecule has 0 aliphatic heterocycles. The highest BCUT2D eigenvalue weighted by Crippen LogP contribution is 2.14. The van der Waals surface area contributed by atoms with Gasteiger partial charge in [0.25, 0.3) is 0 Å². The van der Waals surface area contributed by atoms with E-state index in [2.05, 4.69) is 0 Å². The van der Waals surface area contributed by atoms with Crippen LogP contribution in [-0.2, 0) is 23.9 Å². The smallest absolute Gasteiger partial charge is 0.348 e. The number of carbonyl (C=O) groups excluding carboxylic acids is 3. The monoisotopic (exact) mass is 230 g/mol. The molecule has 0 amide bonds. The third-order valence-electron chi connectivity index (χ3n) is 1.62. The highest BCUT2D eigenvalue weighted by molar-refractivity contribution is 5.82. The first kappa shape index (κ1) is 14.6. The molecule has 0 aromatic carbocycles. The van der Waals surface area contributed by atoms with Gasteiger partial charge in [-0.15, -0.1) is 0 Å². The average Bonchev–Trinajstić information content (AvgIpc) is 2.09. The van der Waals surface area contributed by atoms with Crippen LogP contribution in [0.3, 0.4) is 0 Å². The van der Waals surface area contributed by atoms with Crippen LogP contribution in [0.1, 0.15) is 34.6 Å². The maximum atomic E-state index is 11.6. The zero-order chi connectivity index (χ0) is 12.9. The Balaban J connectivity index is 4.69. The molecular weight excluding hydrogens is 212 g/mol. The molecule has 92 valence electrons. The number of hydrogen-bond acceptors (Lipinski definition) is 5. The molecule has 0 rings (SSSR count). The Morgan fingerprint density at radius 1 is 1.25 bits per heavy atom. The normalized spacial score (nSPS) is 14.8. The van der Waals surface area contributed by atoms with Gasteiger partial charge in [0, 0.05) is 6.92 Å². The largest absolute Gasteiger partial charge is 0.457 e. The molecule has 0 fully saturated rings. The summed E-state index contributed by atoms with van der Waals surface area (Å²) in [6.45, 7) is 7.75. The van der Waals surface area contributed by atoms with E-state index in [4.69, 9.17) is 9.47 Å². The van der Waals surface area contributed by atoms with Crippen LogP contribution in [0.4, 0.5) is 0 Å². The van der Waals surface area contributed by atoms with Gasteiger partial charge in [-0.05, 0) is 20.8 Å². The molecule has 0 saturated heterocycles. The summed E-state index contributed by atoms with van der Waals surface area (Å²) < 4.78 is 9.81. The van der Waals surface area contributed by atoms with Crippen molar-refractivity contribution in [1.29, 1.82) is 0 Å². The van der Waals surface area contributed by atoms with Gasteiger partial charge in [-0.3, -0.25) is 4.79 Å². The molecule has 0 saturated carbocycles. The lowest BCUT2D eigenvalue weighted by atomic mass is 10.1. The van der Waals surface area contributed by atoms with Crippen LogP contribution >= 0.6 is 0 Å². The van der Waals surface area contributed by atoms with Crippen LogP contribution in [0.2, 0.25) is 0 Å². The standard InChI is InChI=1S/C11H18O5/c1-7(6-12)9(15-8(2)13)10(14)16-11(3,4)5/h6-7,9H,1-5H3. The van der Waals surface area contributed by atoms with Gasteiger partial charge < -0.3 is 14.3 Å². The average molecular weight is 230 g/mol. The van der Waals surface area contributed by atoms with Crippen LogP contribution in [0, 0.1) is 5.92 Å². The molecule has 0 aromatic rings. The molecule has 0 radical (unpaired) electrons. The van der Waals surface area contributed by atoms with Gasteiger partial charge in [-0.2, -0.15) is 0 Å². The molecule has 2 atom stereocenters. The SMILES string of the molecule is CC(=O)OC(C(=O)OC(C)(C)C)C(C)C=O. The molecule has 16 heavy (non-hydrogen) atoms. The van der Waals surface area contributed by atoms with Crippen LogP contribution in [-0.4, -0.2) is 29.9 Å². The van der Waals surface area contributed by atoms with Gasteiger partial charge >= 0.3 is 11.9 Å². The number of hydrogen-bond donors (Lipinski definition) is 0. The third-order valence-corrected chi connectivity index (χ3v) is 1.62. The first-order chi connectivity index (χ1) is 7.17. The molecule has 0 N–H and O–H groups in total. The van der Waals surface area contributed by atoms with Gasteiger partial charge in [0.2, 0.25) is 6.10 Å². The molecule has 2 unspecified atom stereocenters. The van der Waals surface area contributed by atoms with Gasteiger partial charge in [0.05, 0.1) is 5.92 Å². The summed E-state index contributed by atoms with van der Waals surface area (Å²) in [5, 5.41) is 0. The maximum Gasteiger partial charge on any atom is 0.348 e. The molecule has 0 spiro atoms. The van der Waals surface area contributed by atoms with Gasteiger partial charge in [-0.1, -0.05) is 6.92 Å². The first-order valence-electron chi connectivity index (χ1n) is 5.02. The minimum atomic E-state index is -1.17. The van der Waals surface area contributed by atoms with E-state index in [1.807, 2.05) is 0 Å². The van der Waals surface area contributed by atoms with Crippen LogP contribution in [0.15, 0.2) is 0 Å².